The zero-order valence-electron chi connectivity index (χ0n) is 22.9. The fourth-order valence-electron chi connectivity index (χ4n) is 5.46. The van der Waals surface area contributed by atoms with Crippen molar-refractivity contribution in [3.63, 3.8) is 0 Å². The molecule has 42 heavy (non-hydrogen) atoms. The summed E-state index contributed by atoms with van der Waals surface area (Å²) >= 11 is 0. The number of carbonyl (C=O) groups is 1. The molecule has 1 spiro atoms. The lowest BCUT2D eigenvalue weighted by Crippen LogP contribution is -2.38. The molecule has 3 aromatic heterocycles. The van der Waals surface area contributed by atoms with Crippen LogP contribution in [-0.4, -0.2) is 49.0 Å². The van der Waals surface area contributed by atoms with E-state index in [0.29, 0.717) is 40.9 Å². The van der Waals surface area contributed by atoms with Gasteiger partial charge in [0.2, 0.25) is 11.8 Å². The van der Waals surface area contributed by atoms with E-state index >= 15 is 0 Å². The third-order valence-corrected chi connectivity index (χ3v) is 8.14. The van der Waals surface area contributed by atoms with Crippen molar-refractivity contribution < 1.29 is 22.7 Å². The highest BCUT2D eigenvalue weighted by Crippen LogP contribution is 2.51. The number of methoxy groups -OCH3 is 1. The molecule has 7 rings (SSSR count). The first-order chi connectivity index (χ1) is 20.2. The Labute approximate surface area is 239 Å². The summed E-state index contributed by atoms with van der Waals surface area (Å²) in [5.74, 6) is 1.67. The fourth-order valence-corrected chi connectivity index (χ4v) is 5.46. The van der Waals surface area contributed by atoms with Crippen LogP contribution in [0.3, 0.4) is 0 Å². The summed E-state index contributed by atoms with van der Waals surface area (Å²) in [6, 6.07) is 7.02. The predicted octanol–water partition coefficient (Wildman–Crippen LogP) is 4.98. The number of ether oxygens (including phenoxy) is 1. The Balaban J connectivity index is 1.25. The van der Waals surface area contributed by atoms with Crippen molar-refractivity contribution in [1.82, 2.24) is 29.5 Å². The monoisotopic (exact) mass is 576 g/mol. The standard InChI is InChI=1S/C29H27F3N8O2/c1-39-13-20(29(30,31)32)37-24(39)18-5-3-16(4-6-18)12-40-25-19(34-14-28(9-10-28)27(40)41)11-33-23(38-25)21-22(17-7-8-17)35-15-36-26(21)42-2/h3-6,11,13,15,17,34H,7-10,12,14H2,1-2H3. The number of hydrogen-bond donors (Lipinski definition) is 1. The van der Waals surface area contributed by atoms with E-state index in [9.17, 15) is 18.0 Å². The Morgan fingerprint density at radius 2 is 1.86 bits per heavy atom. The van der Waals surface area contributed by atoms with Crippen molar-refractivity contribution in [2.75, 3.05) is 23.9 Å². The molecule has 3 aliphatic rings. The predicted molar refractivity (Wildman–Crippen MR) is 147 cm³/mol. The van der Waals surface area contributed by atoms with Gasteiger partial charge in [-0.15, -0.1) is 0 Å². The zero-order chi connectivity index (χ0) is 29.2. The van der Waals surface area contributed by atoms with E-state index in [0.717, 1.165) is 43.1 Å². The first kappa shape index (κ1) is 26.4. The summed E-state index contributed by atoms with van der Waals surface area (Å²) < 4.78 is 46.4. The van der Waals surface area contributed by atoms with E-state index in [2.05, 4.69) is 25.3 Å². The highest BCUT2D eigenvalue weighted by atomic mass is 19.4. The summed E-state index contributed by atoms with van der Waals surface area (Å²) in [7, 11) is 3.07. The minimum Gasteiger partial charge on any atom is -0.480 e. The lowest BCUT2D eigenvalue weighted by molar-refractivity contribution is -0.140. The van der Waals surface area contributed by atoms with E-state index in [4.69, 9.17) is 9.72 Å². The lowest BCUT2D eigenvalue weighted by atomic mass is 10.1. The molecule has 13 heteroatoms. The molecule has 2 saturated carbocycles. The highest BCUT2D eigenvalue weighted by Gasteiger charge is 2.53. The molecular weight excluding hydrogens is 549 g/mol. The maximum Gasteiger partial charge on any atom is 0.434 e. The number of alkyl halides is 3. The molecule has 0 unspecified atom stereocenters. The molecule has 0 saturated heterocycles. The van der Waals surface area contributed by atoms with Gasteiger partial charge in [-0.25, -0.2) is 24.9 Å². The van der Waals surface area contributed by atoms with Crippen molar-refractivity contribution >= 4 is 17.4 Å². The van der Waals surface area contributed by atoms with Crippen LogP contribution in [-0.2, 0) is 24.6 Å². The quantitative estimate of drug-likeness (QED) is 0.342. The minimum absolute atomic E-state index is 0.0277. The number of carbonyl (C=O) groups excluding carboxylic acids is 1. The number of rotatable bonds is 6. The molecule has 1 aliphatic heterocycles. The number of amides is 1. The Hall–Kier alpha value is -4.55. The number of nitrogens with one attached hydrogen (secondary N) is 1. The van der Waals surface area contributed by atoms with Gasteiger partial charge in [0.15, 0.2) is 17.3 Å². The van der Waals surface area contributed by atoms with Crippen LogP contribution < -0.4 is 15.0 Å². The van der Waals surface area contributed by atoms with Crippen LogP contribution >= 0.6 is 0 Å². The normalized spacial score (nSPS) is 17.5. The van der Waals surface area contributed by atoms with Gasteiger partial charge in [0.25, 0.3) is 0 Å². The molecule has 2 aliphatic carbocycles. The molecular formula is C29H27F3N8O2. The minimum atomic E-state index is -4.53. The smallest absolute Gasteiger partial charge is 0.434 e. The number of anilines is 2. The van der Waals surface area contributed by atoms with E-state index in [1.165, 1.54) is 17.9 Å². The Bertz CT molecular complexity index is 1690. The van der Waals surface area contributed by atoms with Crippen molar-refractivity contribution in [1.29, 1.82) is 0 Å². The number of aryl methyl sites for hydroxylation is 1. The second-order valence-electron chi connectivity index (χ2n) is 11.1. The average molecular weight is 577 g/mol. The molecule has 10 nitrogen and oxygen atoms in total. The summed E-state index contributed by atoms with van der Waals surface area (Å²) in [4.78, 5) is 37.7. The number of hydrogen-bond acceptors (Lipinski definition) is 8. The maximum atomic E-state index is 13.9. The van der Waals surface area contributed by atoms with Gasteiger partial charge in [0.05, 0.1) is 36.6 Å². The first-order valence-corrected chi connectivity index (χ1v) is 13.7. The number of benzene rings is 1. The SMILES string of the molecule is COc1ncnc(C2CC2)c1-c1ncc2c(n1)N(Cc1ccc(-c3nc(C(F)(F)F)cn3C)cc1)C(=O)C1(CC1)CN2. The van der Waals surface area contributed by atoms with Crippen molar-refractivity contribution in [2.24, 2.45) is 12.5 Å². The second-order valence-corrected chi connectivity index (χ2v) is 11.1. The van der Waals surface area contributed by atoms with Crippen LogP contribution in [0.15, 0.2) is 43.0 Å². The van der Waals surface area contributed by atoms with Crippen LogP contribution in [0.5, 0.6) is 5.88 Å². The molecule has 1 amide bonds. The van der Waals surface area contributed by atoms with E-state index in [1.807, 2.05) is 0 Å². The Morgan fingerprint density at radius 3 is 2.50 bits per heavy atom. The Morgan fingerprint density at radius 1 is 1.10 bits per heavy atom. The average Bonchev–Trinajstić information content (AvgIpc) is 3.92. The van der Waals surface area contributed by atoms with Crippen LogP contribution in [0, 0.1) is 5.41 Å². The second kappa shape index (κ2) is 9.50. The summed E-state index contributed by atoms with van der Waals surface area (Å²) in [6.45, 7) is 0.709. The van der Waals surface area contributed by atoms with Crippen molar-refractivity contribution in [2.45, 2.75) is 44.3 Å². The van der Waals surface area contributed by atoms with Crippen LogP contribution in [0.2, 0.25) is 0 Å². The molecule has 2 fully saturated rings. The third-order valence-electron chi connectivity index (χ3n) is 8.14. The van der Waals surface area contributed by atoms with Crippen molar-refractivity contribution in [3.05, 3.63) is 59.9 Å². The van der Waals surface area contributed by atoms with Crippen LogP contribution in [0.1, 0.15) is 48.6 Å². The first-order valence-electron chi connectivity index (χ1n) is 13.7. The number of aromatic nitrogens is 6. The zero-order valence-corrected chi connectivity index (χ0v) is 22.9. The van der Waals surface area contributed by atoms with Gasteiger partial charge in [-0.2, -0.15) is 13.2 Å². The highest BCUT2D eigenvalue weighted by molar-refractivity contribution is 6.02. The number of fused-ring (bicyclic) bond motifs is 1. The molecule has 4 aromatic rings. The molecule has 0 atom stereocenters. The summed E-state index contributed by atoms with van der Waals surface area (Å²) in [6.07, 6.45) is 3.18. The molecule has 4 heterocycles. The molecule has 1 aromatic carbocycles. The largest absolute Gasteiger partial charge is 0.480 e. The van der Waals surface area contributed by atoms with E-state index < -0.39 is 17.3 Å². The number of halogens is 3. The van der Waals surface area contributed by atoms with E-state index in [1.54, 1.807) is 42.5 Å². The number of imidazole rings is 1. The van der Waals surface area contributed by atoms with Gasteiger partial charge in [-0.3, -0.25) is 9.69 Å². The topological polar surface area (TPSA) is 111 Å². The summed E-state index contributed by atoms with van der Waals surface area (Å²) in [5.41, 5.74) is 1.98. The summed E-state index contributed by atoms with van der Waals surface area (Å²) in [5, 5.41) is 3.38. The Kier molecular flexibility index (Phi) is 5.96. The maximum absolute atomic E-state index is 13.9. The van der Waals surface area contributed by atoms with Gasteiger partial charge >= 0.3 is 6.18 Å². The molecule has 216 valence electrons. The van der Waals surface area contributed by atoms with Gasteiger partial charge in [0.1, 0.15) is 17.7 Å². The number of nitrogens with zero attached hydrogens (tertiary/aromatic N) is 7. The van der Waals surface area contributed by atoms with E-state index in [-0.39, 0.29) is 24.2 Å². The van der Waals surface area contributed by atoms with Gasteiger partial charge in [-0.1, -0.05) is 24.3 Å². The third kappa shape index (κ3) is 4.52. The molecule has 0 bridgehead atoms. The van der Waals surface area contributed by atoms with Crippen LogP contribution in [0.4, 0.5) is 24.7 Å². The van der Waals surface area contributed by atoms with Gasteiger partial charge in [0, 0.05) is 31.3 Å². The van der Waals surface area contributed by atoms with Crippen molar-refractivity contribution in [3.8, 4) is 28.7 Å². The van der Waals surface area contributed by atoms with Crippen LogP contribution in [0.25, 0.3) is 22.8 Å². The molecule has 0 radical (unpaired) electrons. The van der Waals surface area contributed by atoms with Gasteiger partial charge in [-0.05, 0) is 31.2 Å². The lowest BCUT2D eigenvalue weighted by Gasteiger charge is -2.24. The van der Waals surface area contributed by atoms with Gasteiger partial charge < -0.3 is 14.6 Å². The molecule has 1 N–H and O–H groups in total. The fraction of sp³-hybridized carbons (Fsp3) is 0.379.